The molecule has 2 aromatic rings. The van der Waals surface area contributed by atoms with E-state index in [2.05, 4.69) is 21.2 Å². The Hall–Kier alpha value is -2.49. The van der Waals surface area contributed by atoms with Crippen molar-refractivity contribution < 1.29 is 22.7 Å². The smallest absolute Gasteiger partial charge is 0.331 e. The fourth-order valence-corrected chi connectivity index (χ4v) is 2.88. The Morgan fingerprint density at radius 1 is 1.15 bits per heavy atom. The van der Waals surface area contributed by atoms with Gasteiger partial charge in [0.15, 0.2) is 6.61 Å². The third-order valence-electron chi connectivity index (χ3n) is 3.05. The molecule has 0 bridgehead atoms. The summed E-state index contributed by atoms with van der Waals surface area (Å²) in [6.45, 7) is -0.513. The van der Waals surface area contributed by atoms with E-state index in [0.29, 0.717) is 0 Å². The van der Waals surface area contributed by atoms with Crippen LogP contribution in [0.15, 0.2) is 64.0 Å². The van der Waals surface area contributed by atoms with Crippen LogP contribution in [-0.4, -0.2) is 26.9 Å². The van der Waals surface area contributed by atoms with Crippen molar-refractivity contribution in [3.63, 3.8) is 0 Å². The van der Waals surface area contributed by atoms with Crippen molar-refractivity contribution in [3.8, 4) is 0 Å². The van der Waals surface area contributed by atoms with Crippen LogP contribution in [0.3, 0.4) is 0 Å². The molecular formula is C17H15BrN2O5S. The molecular weight excluding hydrogens is 424 g/mol. The zero-order chi connectivity index (χ0) is 19.2. The van der Waals surface area contributed by atoms with E-state index in [0.717, 1.165) is 10.0 Å². The highest BCUT2D eigenvalue weighted by atomic mass is 79.9. The second-order valence-corrected chi connectivity index (χ2v) is 7.59. The summed E-state index contributed by atoms with van der Waals surface area (Å²) in [5, 5.41) is 7.45. The van der Waals surface area contributed by atoms with E-state index < -0.39 is 28.5 Å². The molecule has 26 heavy (non-hydrogen) atoms. The molecule has 3 N–H and O–H groups in total. The number of nitrogens with one attached hydrogen (secondary N) is 1. The number of benzene rings is 2. The molecule has 136 valence electrons. The van der Waals surface area contributed by atoms with Gasteiger partial charge in [-0.3, -0.25) is 4.79 Å². The molecule has 2 rings (SSSR count). The zero-order valence-electron chi connectivity index (χ0n) is 13.4. The number of carbonyl (C=O) groups is 2. The zero-order valence-corrected chi connectivity index (χ0v) is 15.8. The highest BCUT2D eigenvalue weighted by molar-refractivity contribution is 9.10. The van der Waals surface area contributed by atoms with Crippen molar-refractivity contribution in [1.82, 2.24) is 0 Å². The molecule has 0 spiro atoms. The molecule has 0 saturated carbocycles. The van der Waals surface area contributed by atoms with Gasteiger partial charge in [0.05, 0.1) is 4.90 Å². The van der Waals surface area contributed by atoms with Crippen molar-refractivity contribution >= 4 is 49.6 Å². The fourth-order valence-electron chi connectivity index (χ4n) is 1.91. The molecule has 0 unspecified atom stereocenters. The van der Waals surface area contributed by atoms with Gasteiger partial charge in [0.2, 0.25) is 10.0 Å². The highest BCUT2D eigenvalue weighted by Crippen LogP contribution is 2.14. The number of sulfonamides is 1. The first kappa shape index (κ1) is 19.8. The van der Waals surface area contributed by atoms with Gasteiger partial charge in [-0.1, -0.05) is 34.1 Å². The Morgan fingerprint density at radius 3 is 2.58 bits per heavy atom. The van der Waals surface area contributed by atoms with E-state index in [9.17, 15) is 18.0 Å². The van der Waals surface area contributed by atoms with Crippen LogP contribution >= 0.6 is 15.9 Å². The molecule has 0 aliphatic rings. The normalized spacial score (nSPS) is 11.3. The molecule has 1 amide bonds. The number of carbonyl (C=O) groups excluding carboxylic acids is 2. The molecule has 0 fully saturated rings. The summed E-state index contributed by atoms with van der Waals surface area (Å²) in [6.07, 6.45) is 2.76. The number of amides is 1. The van der Waals surface area contributed by atoms with Crippen molar-refractivity contribution in [3.05, 3.63) is 64.6 Å². The number of rotatable bonds is 6. The van der Waals surface area contributed by atoms with Crippen molar-refractivity contribution in [2.45, 2.75) is 4.90 Å². The van der Waals surface area contributed by atoms with E-state index >= 15 is 0 Å². The Bertz CT molecular complexity index is 957. The first-order valence-electron chi connectivity index (χ1n) is 7.27. The average molecular weight is 439 g/mol. The van der Waals surface area contributed by atoms with Gasteiger partial charge in [-0.05, 0) is 42.0 Å². The average Bonchev–Trinajstić information content (AvgIpc) is 2.58. The number of halogens is 1. The van der Waals surface area contributed by atoms with Crippen LogP contribution in [0.5, 0.6) is 0 Å². The van der Waals surface area contributed by atoms with E-state index in [1.807, 2.05) is 18.2 Å². The summed E-state index contributed by atoms with van der Waals surface area (Å²) >= 11 is 3.32. The van der Waals surface area contributed by atoms with E-state index in [4.69, 9.17) is 9.88 Å². The Balaban J connectivity index is 1.88. The largest absolute Gasteiger partial charge is 0.452 e. The lowest BCUT2D eigenvalue weighted by Crippen LogP contribution is -2.20. The molecule has 7 nitrogen and oxygen atoms in total. The predicted molar refractivity (Wildman–Crippen MR) is 101 cm³/mol. The number of hydrogen-bond acceptors (Lipinski definition) is 5. The molecule has 0 aromatic heterocycles. The van der Waals surface area contributed by atoms with Gasteiger partial charge >= 0.3 is 5.97 Å². The number of nitrogens with two attached hydrogens (primary N) is 1. The lowest BCUT2D eigenvalue weighted by atomic mass is 10.2. The molecule has 0 atom stereocenters. The minimum Gasteiger partial charge on any atom is -0.452 e. The predicted octanol–water partition coefficient (Wildman–Crippen LogP) is 2.29. The summed E-state index contributed by atoms with van der Waals surface area (Å²) in [5.74, 6) is -1.29. The van der Waals surface area contributed by atoms with Gasteiger partial charge in [0.1, 0.15) is 0 Å². The quantitative estimate of drug-likeness (QED) is 0.530. The van der Waals surface area contributed by atoms with Crippen LogP contribution in [-0.2, 0) is 24.3 Å². The first-order valence-corrected chi connectivity index (χ1v) is 9.61. The standard InChI is InChI=1S/C17H15BrN2O5S/c18-13-4-1-3-12(9-13)7-8-17(22)25-11-16(21)20-14-5-2-6-15(10-14)26(19,23)24/h1-10H,11H2,(H,20,21)(H2,19,23,24). The molecule has 9 heteroatoms. The topological polar surface area (TPSA) is 116 Å². The summed E-state index contributed by atoms with van der Waals surface area (Å²) < 4.78 is 28.3. The lowest BCUT2D eigenvalue weighted by molar-refractivity contribution is -0.142. The summed E-state index contributed by atoms with van der Waals surface area (Å²) in [4.78, 5) is 23.3. The Labute approximate surface area is 159 Å². The maximum atomic E-state index is 11.8. The van der Waals surface area contributed by atoms with Crippen molar-refractivity contribution in [2.24, 2.45) is 5.14 Å². The van der Waals surface area contributed by atoms with Gasteiger partial charge in [-0.25, -0.2) is 18.4 Å². The van der Waals surface area contributed by atoms with Gasteiger partial charge in [-0.15, -0.1) is 0 Å². The third-order valence-corrected chi connectivity index (χ3v) is 4.46. The summed E-state index contributed by atoms with van der Waals surface area (Å²) in [5.41, 5.74) is 1.02. The molecule has 0 saturated heterocycles. The lowest BCUT2D eigenvalue weighted by Gasteiger charge is -2.06. The van der Waals surface area contributed by atoms with Crippen LogP contribution < -0.4 is 10.5 Å². The Morgan fingerprint density at radius 2 is 1.88 bits per heavy atom. The van der Waals surface area contributed by atoms with Crippen LogP contribution in [0.2, 0.25) is 0 Å². The SMILES string of the molecule is NS(=O)(=O)c1cccc(NC(=O)COC(=O)C=Cc2cccc(Br)c2)c1. The monoisotopic (exact) mass is 438 g/mol. The van der Waals surface area contributed by atoms with Gasteiger partial charge in [0.25, 0.3) is 5.91 Å². The van der Waals surface area contributed by atoms with Crippen molar-refractivity contribution in [1.29, 1.82) is 0 Å². The molecule has 0 aliphatic heterocycles. The van der Waals surface area contributed by atoms with Crippen LogP contribution in [0.4, 0.5) is 5.69 Å². The second kappa shape index (κ2) is 8.75. The van der Waals surface area contributed by atoms with Crippen LogP contribution in [0.1, 0.15) is 5.56 Å². The Kier molecular flexibility index (Phi) is 6.67. The van der Waals surface area contributed by atoms with Gasteiger partial charge in [0, 0.05) is 16.2 Å². The van der Waals surface area contributed by atoms with E-state index in [1.54, 1.807) is 12.1 Å². The molecule has 0 aliphatic carbocycles. The minimum absolute atomic E-state index is 0.135. The fraction of sp³-hybridized carbons (Fsp3) is 0.0588. The molecule has 0 radical (unpaired) electrons. The van der Waals surface area contributed by atoms with E-state index in [1.165, 1.54) is 30.3 Å². The van der Waals surface area contributed by atoms with Crippen molar-refractivity contribution in [2.75, 3.05) is 11.9 Å². The van der Waals surface area contributed by atoms with Gasteiger partial charge in [-0.2, -0.15) is 0 Å². The molecule has 0 heterocycles. The first-order chi connectivity index (χ1) is 12.2. The van der Waals surface area contributed by atoms with Crippen LogP contribution in [0, 0.1) is 0 Å². The number of esters is 1. The number of ether oxygens (including phenoxy) is 1. The highest BCUT2D eigenvalue weighted by Gasteiger charge is 2.10. The van der Waals surface area contributed by atoms with Gasteiger partial charge < -0.3 is 10.1 Å². The number of primary sulfonamides is 1. The van der Waals surface area contributed by atoms with E-state index in [-0.39, 0.29) is 10.6 Å². The van der Waals surface area contributed by atoms with Crippen LogP contribution in [0.25, 0.3) is 6.08 Å². The molecule has 2 aromatic carbocycles. The second-order valence-electron chi connectivity index (χ2n) is 5.12. The third kappa shape index (κ3) is 6.43. The maximum Gasteiger partial charge on any atom is 0.331 e. The number of anilines is 1. The maximum absolute atomic E-state index is 11.8. The number of hydrogen-bond donors (Lipinski definition) is 2. The summed E-state index contributed by atoms with van der Waals surface area (Å²) in [6, 6.07) is 12.7. The summed E-state index contributed by atoms with van der Waals surface area (Å²) in [7, 11) is -3.87. The minimum atomic E-state index is -3.87.